The molecule has 1 atom stereocenters. The van der Waals surface area contributed by atoms with E-state index in [9.17, 15) is 4.79 Å². The van der Waals surface area contributed by atoms with E-state index in [1.807, 2.05) is 19.1 Å². The second kappa shape index (κ2) is 4.94. The molecule has 1 aromatic rings. The van der Waals surface area contributed by atoms with E-state index in [2.05, 4.69) is 11.7 Å². The van der Waals surface area contributed by atoms with Crippen LogP contribution >= 0.6 is 0 Å². The molecule has 3 heteroatoms. The van der Waals surface area contributed by atoms with Gasteiger partial charge in [0.15, 0.2) is 0 Å². The molecule has 0 radical (unpaired) electrons. The van der Waals surface area contributed by atoms with Crippen molar-refractivity contribution in [3.8, 4) is 0 Å². The van der Waals surface area contributed by atoms with Crippen LogP contribution in [0.25, 0.3) is 0 Å². The van der Waals surface area contributed by atoms with Crippen molar-refractivity contribution in [3.05, 3.63) is 34.9 Å². The van der Waals surface area contributed by atoms with Gasteiger partial charge in [0, 0.05) is 0 Å². The molecule has 2 N–H and O–H groups in total. The van der Waals surface area contributed by atoms with Crippen molar-refractivity contribution in [3.63, 3.8) is 0 Å². The second-order valence-electron chi connectivity index (χ2n) is 3.70. The molecule has 15 heavy (non-hydrogen) atoms. The van der Waals surface area contributed by atoms with Gasteiger partial charge in [-0.1, -0.05) is 19.1 Å². The van der Waals surface area contributed by atoms with Crippen molar-refractivity contribution in [2.75, 3.05) is 13.7 Å². The van der Waals surface area contributed by atoms with Crippen LogP contribution in [-0.2, 0) is 4.74 Å². The highest BCUT2D eigenvalue weighted by Crippen LogP contribution is 2.18. The quantitative estimate of drug-likeness (QED) is 0.769. The van der Waals surface area contributed by atoms with E-state index in [1.54, 1.807) is 6.07 Å². The van der Waals surface area contributed by atoms with Crippen molar-refractivity contribution >= 4 is 5.97 Å². The zero-order valence-corrected chi connectivity index (χ0v) is 9.41. The lowest BCUT2D eigenvalue weighted by molar-refractivity contribution is 0.0600. The number of benzene rings is 1. The predicted molar refractivity (Wildman–Crippen MR) is 60.0 cm³/mol. The van der Waals surface area contributed by atoms with Crippen LogP contribution in [0.4, 0.5) is 0 Å². The summed E-state index contributed by atoms with van der Waals surface area (Å²) in [6, 6.07) is 5.71. The lowest BCUT2D eigenvalue weighted by Gasteiger charge is -2.11. The first-order valence-corrected chi connectivity index (χ1v) is 4.99. The zero-order chi connectivity index (χ0) is 11.4. The smallest absolute Gasteiger partial charge is 0.338 e. The highest BCUT2D eigenvalue weighted by molar-refractivity contribution is 5.90. The first-order valence-electron chi connectivity index (χ1n) is 4.99. The summed E-state index contributed by atoms with van der Waals surface area (Å²) in [4.78, 5) is 11.3. The van der Waals surface area contributed by atoms with E-state index in [4.69, 9.17) is 5.73 Å². The average Bonchev–Trinajstić information content (AvgIpc) is 2.26. The van der Waals surface area contributed by atoms with Crippen molar-refractivity contribution in [1.29, 1.82) is 0 Å². The molecule has 1 unspecified atom stereocenters. The first-order chi connectivity index (χ1) is 7.10. The van der Waals surface area contributed by atoms with Crippen molar-refractivity contribution in [2.24, 2.45) is 5.73 Å². The van der Waals surface area contributed by atoms with Crippen molar-refractivity contribution < 1.29 is 9.53 Å². The Morgan fingerprint density at radius 1 is 1.53 bits per heavy atom. The molecule has 0 aliphatic rings. The Morgan fingerprint density at radius 2 is 2.20 bits per heavy atom. The maximum Gasteiger partial charge on any atom is 0.338 e. The fourth-order valence-corrected chi connectivity index (χ4v) is 1.47. The van der Waals surface area contributed by atoms with E-state index < -0.39 is 0 Å². The highest BCUT2D eigenvalue weighted by Gasteiger charge is 2.11. The zero-order valence-electron chi connectivity index (χ0n) is 9.41. The Kier molecular flexibility index (Phi) is 3.86. The monoisotopic (exact) mass is 207 g/mol. The molecule has 0 aromatic heterocycles. The van der Waals surface area contributed by atoms with Gasteiger partial charge in [0.1, 0.15) is 0 Å². The maximum atomic E-state index is 11.3. The lowest BCUT2D eigenvalue weighted by atomic mass is 9.97. The molecule has 0 spiro atoms. The topological polar surface area (TPSA) is 52.3 Å². The molecule has 1 aromatic carbocycles. The Hall–Kier alpha value is -1.35. The minimum atomic E-state index is -0.292. The van der Waals surface area contributed by atoms with Gasteiger partial charge in [0.05, 0.1) is 12.7 Å². The number of nitrogens with two attached hydrogens (primary N) is 1. The summed E-state index contributed by atoms with van der Waals surface area (Å²) in [5, 5.41) is 0. The SMILES string of the molecule is COC(=O)c1ccc(C(C)CN)cc1C. The van der Waals surface area contributed by atoms with Crippen LogP contribution in [0.1, 0.15) is 34.3 Å². The van der Waals surface area contributed by atoms with E-state index in [0.29, 0.717) is 18.0 Å². The molecule has 0 saturated heterocycles. The largest absolute Gasteiger partial charge is 0.465 e. The number of esters is 1. The third-order valence-electron chi connectivity index (χ3n) is 2.58. The molecule has 1 rings (SSSR count). The number of aryl methyl sites for hydroxylation is 1. The summed E-state index contributed by atoms with van der Waals surface area (Å²) in [6.07, 6.45) is 0. The van der Waals surface area contributed by atoms with Crippen LogP contribution in [0, 0.1) is 6.92 Å². The maximum absolute atomic E-state index is 11.3. The van der Waals surface area contributed by atoms with Crippen LogP contribution in [0.2, 0.25) is 0 Å². The highest BCUT2D eigenvalue weighted by atomic mass is 16.5. The lowest BCUT2D eigenvalue weighted by Crippen LogP contribution is -2.10. The minimum absolute atomic E-state index is 0.292. The molecule has 0 aliphatic carbocycles. The number of ether oxygens (including phenoxy) is 1. The number of hydrogen-bond acceptors (Lipinski definition) is 3. The van der Waals surface area contributed by atoms with Gasteiger partial charge in [-0.15, -0.1) is 0 Å². The fourth-order valence-electron chi connectivity index (χ4n) is 1.47. The molecule has 82 valence electrons. The molecule has 0 amide bonds. The normalized spacial score (nSPS) is 12.3. The Balaban J connectivity index is 3.03. The molecular formula is C12H17NO2. The average molecular weight is 207 g/mol. The van der Waals surface area contributed by atoms with Gasteiger partial charge in [-0.25, -0.2) is 4.79 Å². The van der Waals surface area contributed by atoms with Crippen LogP contribution in [0.5, 0.6) is 0 Å². The summed E-state index contributed by atoms with van der Waals surface area (Å²) < 4.78 is 4.68. The van der Waals surface area contributed by atoms with Gasteiger partial charge in [-0.05, 0) is 36.6 Å². The molecule has 0 aliphatic heterocycles. The number of carbonyl (C=O) groups is 1. The van der Waals surface area contributed by atoms with Gasteiger partial charge in [0.25, 0.3) is 0 Å². The van der Waals surface area contributed by atoms with Gasteiger partial charge in [0.2, 0.25) is 0 Å². The third kappa shape index (κ3) is 2.57. The van der Waals surface area contributed by atoms with Gasteiger partial charge >= 0.3 is 5.97 Å². The van der Waals surface area contributed by atoms with E-state index in [-0.39, 0.29) is 5.97 Å². The molecule has 0 heterocycles. The number of rotatable bonds is 3. The first kappa shape index (κ1) is 11.7. The van der Waals surface area contributed by atoms with Gasteiger partial charge < -0.3 is 10.5 Å². The second-order valence-corrected chi connectivity index (χ2v) is 3.70. The summed E-state index contributed by atoms with van der Waals surface area (Å²) in [5.74, 6) is 0.0230. The summed E-state index contributed by atoms with van der Waals surface area (Å²) in [6.45, 7) is 4.57. The Bertz CT molecular complexity index is 361. The van der Waals surface area contributed by atoms with E-state index >= 15 is 0 Å². The number of carbonyl (C=O) groups excluding carboxylic acids is 1. The molecule has 3 nitrogen and oxygen atoms in total. The van der Waals surface area contributed by atoms with Crippen molar-refractivity contribution in [2.45, 2.75) is 19.8 Å². The molecule has 0 bridgehead atoms. The molecular weight excluding hydrogens is 190 g/mol. The van der Waals surface area contributed by atoms with Crippen LogP contribution in [0.3, 0.4) is 0 Å². The Morgan fingerprint density at radius 3 is 2.67 bits per heavy atom. The summed E-state index contributed by atoms with van der Waals surface area (Å²) in [7, 11) is 1.39. The summed E-state index contributed by atoms with van der Waals surface area (Å²) >= 11 is 0. The molecule has 0 saturated carbocycles. The molecule has 0 fully saturated rings. The van der Waals surface area contributed by atoms with E-state index in [0.717, 1.165) is 11.1 Å². The minimum Gasteiger partial charge on any atom is -0.465 e. The number of methoxy groups -OCH3 is 1. The standard InChI is InChI=1S/C12H17NO2/c1-8-6-10(9(2)7-13)4-5-11(8)12(14)15-3/h4-6,9H,7,13H2,1-3H3. The van der Waals surface area contributed by atoms with Gasteiger partial charge in [-0.3, -0.25) is 0 Å². The summed E-state index contributed by atoms with van der Waals surface area (Å²) in [5.41, 5.74) is 8.29. The Labute approximate surface area is 90.2 Å². The van der Waals surface area contributed by atoms with Crippen molar-refractivity contribution in [1.82, 2.24) is 0 Å². The third-order valence-corrected chi connectivity index (χ3v) is 2.58. The van der Waals surface area contributed by atoms with Gasteiger partial charge in [-0.2, -0.15) is 0 Å². The predicted octanol–water partition coefficient (Wildman–Crippen LogP) is 1.84. The number of hydrogen-bond donors (Lipinski definition) is 1. The van der Waals surface area contributed by atoms with E-state index in [1.165, 1.54) is 7.11 Å². The van der Waals surface area contributed by atoms with Crippen LogP contribution in [-0.4, -0.2) is 19.6 Å². The van der Waals surface area contributed by atoms with Crippen LogP contribution < -0.4 is 5.73 Å². The van der Waals surface area contributed by atoms with Crippen LogP contribution in [0.15, 0.2) is 18.2 Å². The fraction of sp³-hybridized carbons (Fsp3) is 0.417.